The van der Waals surface area contributed by atoms with Gasteiger partial charge in [-0.1, -0.05) is 27.5 Å². The average Bonchev–Trinajstić information content (AvgIpc) is 3.23. The van der Waals surface area contributed by atoms with E-state index < -0.39 is 11.4 Å². The molecule has 0 aliphatic carbocycles. The van der Waals surface area contributed by atoms with Gasteiger partial charge in [0, 0.05) is 33.8 Å². The smallest absolute Gasteiger partial charge is 0.239 e. The van der Waals surface area contributed by atoms with E-state index in [-0.39, 0.29) is 0 Å². The molecule has 9 nitrogen and oxygen atoms in total. The van der Waals surface area contributed by atoms with Crippen molar-refractivity contribution in [2.24, 2.45) is 11.5 Å². The van der Waals surface area contributed by atoms with Crippen LogP contribution < -0.4 is 22.1 Å². The minimum absolute atomic E-state index is 0.321. The molecule has 3 heterocycles. The Hall–Kier alpha value is -2.43. The molecule has 1 atom stereocenters. The largest absolute Gasteiger partial charge is 0.382 e. The molecule has 0 unspecified atom stereocenters. The maximum Gasteiger partial charge on any atom is 0.239 e. The van der Waals surface area contributed by atoms with Crippen molar-refractivity contribution in [1.82, 2.24) is 19.5 Å². The van der Waals surface area contributed by atoms with Crippen molar-refractivity contribution in [3.63, 3.8) is 0 Å². The Morgan fingerprint density at radius 1 is 1.32 bits per heavy atom. The van der Waals surface area contributed by atoms with Crippen LogP contribution in [0.2, 0.25) is 5.02 Å². The molecule has 3 aromatic rings. The number of nitrogen functional groups attached to an aromatic ring is 1. The van der Waals surface area contributed by atoms with Crippen LogP contribution in [0.15, 0.2) is 29.3 Å². The predicted molar refractivity (Wildman–Crippen MR) is 111 cm³/mol. The number of halogens is 2. The maximum atomic E-state index is 11.8. The van der Waals surface area contributed by atoms with Gasteiger partial charge in [0.05, 0.1) is 12.9 Å². The fourth-order valence-corrected chi connectivity index (χ4v) is 4.37. The maximum absolute atomic E-state index is 11.8. The highest BCUT2D eigenvalue weighted by atomic mass is 79.9. The van der Waals surface area contributed by atoms with E-state index in [1.54, 1.807) is 6.33 Å². The molecule has 1 saturated heterocycles. The van der Waals surface area contributed by atoms with Crippen LogP contribution in [-0.2, 0) is 11.3 Å². The van der Waals surface area contributed by atoms with Gasteiger partial charge in [0.25, 0.3) is 0 Å². The second-order valence-electron chi connectivity index (χ2n) is 6.88. The van der Waals surface area contributed by atoms with Crippen LogP contribution >= 0.6 is 27.5 Å². The summed E-state index contributed by atoms with van der Waals surface area (Å²) in [6.07, 6.45) is 3.55. The second kappa shape index (κ2) is 6.87. The molecular weight excluding hydrogens is 448 g/mol. The number of amides is 1. The summed E-state index contributed by atoms with van der Waals surface area (Å²) in [6.45, 7) is 1.38. The number of fused-ring (bicyclic) bond motifs is 1. The Labute approximate surface area is 174 Å². The monoisotopic (exact) mass is 464 g/mol. The molecule has 1 aromatic carbocycles. The molecule has 1 amide bonds. The van der Waals surface area contributed by atoms with Crippen molar-refractivity contribution in [2.45, 2.75) is 18.5 Å². The summed E-state index contributed by atoms with van der Waals surface area (Å²) in [7, 11) is 0. The molecule has 0 spiro atoms. The van der Waals surface area contributed by atoms with Crippen LogP contribution in [0.4, 0.5) is 11.5 Å². The topological polar surface area (TPSA) is 142 Å². The summed E-state index contributed by atoms with van der Waals surface area (Å²) in [6, 6.07) is 3.68. The molecule has 0 bridgehead atoms. The predicted octanol–water partition coefficient (Wildman–Crippen LogP) is 1.27. The molecule has 0 saturated carbocycles. The lowest BCUT2D eigenvalue weighted by Crippen LogP contribution is -2.53. The highest BCUT2D eigenvalue weighted by Gasteiger charge is 2.40. The summed E-state index contributed by atoms with van der Waals surface area (Å²) < 4.78 is 2.71. The summed E-state index contributed by atoms with van der Waals surface area (Å²) in [5.74, 6) is -0.182. The van der Waals surface area contributed by atoms with Crippen molar-refractivity contribution in [3.05, 3.63) is 39.8 Å². The van der Waals surface area contributed by atoms with Crippen LogP contribution in [0.1, 0.15) is 12.0 Å². The molecule has 1 aliphatic rings. The zero-order chi connectivity index (χ0) is 20.1. The van der Waals surface area contributed by atoms with Crippen molar-refractivity contribution >= 4 is 56.1 Å². The van der Waals surface area contributed by atoms with Crippen molar-refractivity contribution in [1.29, 1.82) is 0 Å². The molecule has 28 heavy (non-hydrogen) atoms. The Bertz CT molecular complexity index is 1090. The van der Waals surface area contributed by atoms with Gasteiger partial charge in [-0.05, 0) is 18.6 Å². The Morgan fingerprint density at radius 2 is 2.11 bits per heavy atom. The number of benzene rings is 1. The summed E-state index contributed by atoms with van der Waals surface area (Å²) >= 11 is 9.90. The van der Waals surface area contributed by atoms with Crippen molar-refractivity contribution in [2.75, 3.05) is 23.7 Å². The fourth-order valence-electron chi connectivity index (χ4n) is 3.45. The molecule has 6 N–H and O–H groups in total. The van der Waals surface area contributed by atoms with E-state index in [1.165, 1.54) is 6.33 Å². The second-order valence-corrected chi connectivity index (χ2v) is 8.17. The van der Waals surface area contributed by atoms with Gasteiger partial charge in [0.1, 0.15) is 17.4 Å². The number of carbonyl (C=O) groups is 1. The lowest BCUT2D eigenvalue weighted by atomic mass is 10.00. The summed E-state index contributed by atoms with van der Waals surface area (Å²) in [4.78, 5) is 26.3. The van der Waals surface area contributed by atoms with Crippen LogP contribution in [-0.4, -0.2) is 44.1 Å². The molecule has 4 rings (SSSR count). The van der Waals surface area contributed by atoms with E-state index in [2.05, 4.69) is 30.9 Å². The van der Waals surface area contributed by atoms with Crippen molar-refractivity contribution < 1.29 is 4.79 Å². The van der Waals surface area contributed by atoms with Crippen LogP contribution in [0.5, 0.6) is 0 Å². The minimum atomic E-state index is -1.06. The molecule has 2 aromatic heterocycles. The third-order valence-corrected chi connectivity index (χ3v) is 5.95. The first-order valence-electron chi connectivity index (χ1n) is 8.51. The zero-order valence-electron chi connectivity index (χ0n) is 14.8. The van der Waals surface area contributed by atoms with Crippen molar-refractivity contribution in [3.8, 4) is 0 Å². The van der Waals surface area contributed by atoms with Gasteiger partial charge in [0.15, 0.2) is 11.5 Å². The SMILES string of the molecule is NC(=O)[C@@]1(N)CCN(c2cc(Cl)cc(Br)c2Cn2cnc3c(N)ncnc32)C1. The number of primary amides is 1. The van der Waals surface area contributed by atoms with E-state index in [9.17, 15) is 4.79 Å². The number of nitrogens with two attached hydrogens (primary N) is 3. The normalized spacial score (nSPS) is 19.5. The zero-order valence-corrected chi connectivity index (χ0v) is 17.1. The molecule has 1 fully saturated rings. The Kier molecular flexibility index (Phi) is 4.64. The number of hydrogen-bond donors (Lipinski definition) is 3. The highest BCUT2D eigenvalue weighted by molar-refractivity contribution is 9.10. The number of aromatic nitrogens is 4. The first kappa shape index (κ1) is 18.9. The van der Waals surface area contributed by atoms with Gasteiger partial charge in [-0.25, -0.2) is 15.0 Å². The summed E-state index contributed by atoms with van der Waals surface area (Å²) in [5.41, 5.74) is 19.5. The number of carbonyl (C=O) groups excluding carboxylic acids is 1. The van der Waals surface area contributed by atoms with Crippen LogP contribution in [0.25, 0.3) is 11.2 Å². The Balaban J connectivity index is 1.75. The van der Waals surface area contributed by atoms with E-state index in [4.69, 9.17) is 28.8 Å². The van der Waals surface area contributed by atoms with Gasteiger partial charge in [-0.15, -0.1) is 0 Å². The molecule has 11 heteroatoms. The van der Waals surface area contributed by atoms with Gasteiger partial charge >= 0.3 is 0 Å². The standard InChI is InChI=1S/C17H18BrClN8O/c18-11-3-9(19)4-12(26-2-1-17(22,6-26)16(21)28)10(11)5-27-8-25-13-14(20)23-7-24-15(13)27/h3-4,7-8H,1-2,5-6,22H2,(H2,21,28)(H2,20,23,24)/t17-/m1/s1. The van der Waals surface area contributed by atoms with Gasteiger partial charge in [0.2, 0.25) is 5.91 Å². The van der Waals surface area contributed by atoms with Gasteiger partial charge < -0.3 is 26.7 Å². The summed E-state index contributed by atoms with van der Waals surface area (Å²) in [5, 5.41) is 0.571. The van der Waals surface area contributed by atoms with E-state index >= 15 is 0 Å². The number of hydrogen-bond acceptors (Lipinski definition) is 7. The third kappa shape index (κ3) is 3.17. The first-order valence-corrected chi connectivity index (χ1v) is 9.68. The number of rotatable bonds is 4. The molecule has 146 valence electrons. The lowest BCUT2D eigenvalue weighted by Gasteiger charge is -2.25. The Morgan fingerprint density at radius 3 is 2.82 bits per heavy atom. The van der Waals surface area contributed by atoms with Gasteiger partial charge in [-0.3, -0.25) is 4.79 Å². The fraction of sp³-hybridized carbons (Fsp3) is 0.294. The van der Waals surface area contributed by atoms with E-state index in [0.29, 0.717) is 48.1 Å². The highest BCUT2D eigenvalue weighted by Crippen LogP contribution is 2.36. The quantitative estimate of drug-likeness (QED) is 0.526. The molecular formula is C17H18BrClN8O. The van der Waals surface area contributed by atoms with E-state index in [0.717, 1.165) is 15.7 Å². The number of anilines is 2. The van der Waals surface area contributed by atoms with Crippen LogP contribution in [0, 0.1) is 0 Å². The number of imidazole rings is 1. The molecule has 1 aliphatic heterocycles. The van der Waals surface area contributed by atoms with Crippen LogP contribution in [0.3, 0.4) is 0 Å². The third-order valence-electron chi connectivity index (χ3n) is 5.03. The number of nitrogens with zero attached hydrogens (tertiary/aromatic N) is 5. The minimum Gasteiger partial charge on any atom is -0.382 e. The molecule has 0 radical (unpaired) electrons. The first-order chi connectivity index (χ1) is 13.3. The lowest BCUT2D eigenvalue weighted by molar-refractivity contribution is -0.122. The average molecular weight is 466 g/mol. The van der Waals surface area contributed by atoms with E-state index in [1.807, 2.05) is 21.6 Å². The van der Waals surface area contributed by atoms with Gasteiger partial charge in [-0.2, -0.15) is 0 Å².